The summed E-state index contributed by atoms with van der Waals surface area (Å²) in [6.07, 6.45) is 1.23. The zero-order chi connectivity index (χ0) is 18.7. The molecule has 135 valence electrons. The van der Waals surface area contributed by atoms with Crippen LogP contribution in [0.25, 0.3) is 22.2 Å². The molecule has 0 aliphatic rings. The first kappa shape index (κ1) is 17.9. The van der Waals surface area contributed by atoms with Crippen molar-refractivity contribution in [2.24, 2.45) is 5.73 Å². The van der Waals surface area contributed by atoms with Crippen molar-refractivity contribution in [2.75, 3.05) is 19.7 Å². The number of carbonyl (C=O) groups excluding carboxylic acids is 1. The van der Waals surface area contributed by atoms with Crippen LogP contribution in [0.1, 0.15) is 12.5 Å². The van der Waals surface area contributed by atoms with E-state index in [1.54, 1.807) is 0 Å². The van der Waals surface area contributed by atoms with Gasteiger partial charge in [-0.2, -0.15) is 0 Å². The number of aliphatic hydroxyl groups is 1. The van der Waals surface area contributed by atoms with Crippen LogP contribution in [-0.4, -0.2) is 45.3 Å². The number of hydrogen-bond donors (Lipinski definition) is 3. The fraction of sp³-hybridized carbons (Fsp3) is 0.263. The van der Waals surface area contributed by atoms with Crippen LogP contribution in [0.15, 0.2) is 41.3 Å². The first-order valence-electron chi connectivity index (χ1n) is 8.41. The summed E-state index contributed by atoms with van der Waals surface area (Å²) < 4.78 is 0.834. The second kappa shape index (κ2) is 7.55. The summed E-state index contributed by atoms with van der Waals surface area (Å²) in [5.41, 5.74) is 7.68. The molecule has 3 aromatic rings. The summed E-state index contributed by atoms with van der Waals surface area (Å²) in [5, 5.41) is 10.1. The van der Waals surface area contributed by atoms with Gasteiger partial charge in [-0.05, 0) is 36.4 Å². The number of benzene rings is 1. The van der Waals surface area contributed by atoms with Crippen molar-refractivity contribution in [1.29, 1.82) is 0 Å². The van der Waals surface area contributed by atoms with Gasteiger partial charge >= 0.3 is 6.03 Å². The van der Waals surface area contributed by atoms with E-state index < -0.39 is 11.6 Å². The third-order valence-electron chi connectivity index (χ3n) is 4.36. The van der Waals surface area contributed by atoms with E-state index in [0.29, 0.717) is 17.8 Å². The minimum absolute atomic E-state index is 0.126. The predicted molar refractivity (Wildman–Crippen MR) is 99.8 cm³/mol. The Kier molecular flexibility index (Phi) is 5.20. The van der Waals surface area contributed by atoms with Crippen molar-refractivity contribution < 1.29 is 9.90 Å². The third kappa shape index (κ3) is 3.54. The van der Waals surface area contributed by atoms with Gasteiger partial charge in [0.25, 0.3) is 5.56 Å². The fourth-order valence-corrected chi connectivity index (χ4v) is 2.98. The second-order valence-corrected chi connectivity index (χ2v) is 6.06. The lowest BCUT2D eigenvalue weighted by molar-refractivity contribution is 0.197. The molecule has 1 amide bonds. The molecule has 0 aliphatic heterocycles. The number of rotatable bonds is 6. The van der Waals surface area contributed by atoms with Gasteiger partial charge in [0.1, 0.15) is 0 Å². The maximum absolute atomic E-state index is 12.4. The lowest BCUT2D eigenvalue weighted by atomic mass is 10.1. The molecule has 0 unspecified atom stereocenters. The summed E-state index contributed by atoms with van der Waals surface area (Å²) in [6.45, 7) is 4.39. The van der Waals surface area contributed by atoms with Crippen LogP contribution >= 0.6 is 0 Å². The topological polar surface area (TPSA) is 104 Å². The molecule has 0 bridgehead atoms. The van der Waals surface area contributed by atoms with E-state index in [0.717, 1.165) is 34.1 Å². The van der Waals surface area contributed by atoms with Crippen LogP contribution in [0.4, 0.5) is 4.79 Å². The number of amides is 1. The van der Waals surface area contributed by atoms with E-state index in [1.165, 1.54) is 12.3 Å². The lowest BCUT2D eigenvalue weighted by Gasteiger charge is -2.19. The Morgan fingerprint density at radius 3 is 2.88 bits per heavy atom. The summed E-state index contributed by atoms with van der Waals surface area (Å²) >= 11 is 0. The molecule has 7 heteroatoms. The number of aliphatic hydroxyl groups excluding tert-OH is 1. The van der Waals surface area contributed by atoms with Crippen molar-refractivity contribution in [3.05, 3.63) is 58.5 Å². The smallest absolute Gasteiger partial charge is 0.325 e. The predicted octanol–water partition coefficient (Wildman–Crippen LogP) is 1.54. The average Bonchev–Trinajstić information content (AvgIpc) is 3.04. The lowest BCUT2D eigenvalue weighted by Crippen LogP contribution is -2.31. The zero-order valence-corrected chi connectivity index (χ0v) is 14.5. The molecule has 0 saturated heterocycles. The van der Waals surface area contributed by atoms with E-state index in [2.05, 4.69) is 28.9 Å². The second-order valence-electron chi connectivity index (χ2n) is 6.06. The van der Waals surface area contributed by atoms with Gasteiger partial charge in [0.05, 0.1) is 17.9 Å². The highest BCUT2D eigenvalue weighted by Gasteiger charge is 2.12. The number of fused-ring (bicyclic) bond motifs is 1. The van der Waals surface area contributed by atoms with Gasteiger partial charge in [0, 0.05) is 36.3 Å². The average molecular weight is 353 g/mol. The van der Waals surface area contributed by atoms with Crippen LogP contribution in [-0.2, 0) is 6.54 Å². The van der Waals surface area contributed by atoms with Crippen molar-refractivity contribution >= 4 is 16.9 Å². The van der Waals surface area contributed by atoms with Crippen molar-refractivity contribution in [1.82, 2.24) is 14.5 Å². The fourth-order valence-electron chi connectivity index (χ4n) is 2.98. The van der Waals surface area contributed by atoms with Gasteiger partial charge < -0.3 is 15.8 Å². The molecule has 4 N–H and O–H groups in total. The van der Waals surface area contributed by atoms with Crippen LogP contribution in [0.2, 0.25) is 0 Å². The number of likely N-dealkylation sites (N-methyl/N-ethyl adjacent to an activating group) is 1. The Hall–Kier alpha value is -2.90. The molecule has 0 saturated carbocycles. The first-order chi connectivity index (χ1) is 12.5. The summed E-state index contributed by atoms with van der Waals surface area (Å²) in [6, 6.07) is 11.4. The molecule has 0 fully saturated rings. The maximum atomic E-state index is 12.4. The van der Waals surface area contributed by atoms with Gasteiger partial charge in [0.15, 0.2) is 0 Å². The third-order valence-corrected chi connectivity index (χ3v) is 4.36. The maximum Gasteiger partial charge on any atom is 0.325 e. The molecule has 1 aromatic carbocycles. The SMILES string of the molecule is CCN(CCO)Cc1ccc2[nH]c(-c3c[c]cn(C(N)=O)c3=O)cc2c1. The van der Waals surface area contributed by atoms with Crippen LogP contribution in [0.3, 0.4) is 0 Å². The molecule has 7 nitrogen and oxygen atoms in total. The molecule has 0 atom stereocenters. The number of pyridine rings is 1. The van der Waals surface area contributed by atoms with E-state index in [-0.39, 0.29) is 6.61 Å². The summed E-state index contributed by atoms with van der Waals surface area (Å²) in [4.78, 5) is 29.1. The Labute approximate surface area is 150 Å². The number of hydrogen-bond acceptors (Lipinski definition) is 4. The molecule has 1 radical (unpaired) electrons. The molecular weight excluding hydrogens is 332 g/mol. The van der Waals surface area contributed by atoms with Crippen LogP contribution in [0, 0.1) is 6.07 Å². The molecule has 2 aromatic heterocycles. The largest absolute Gasteiger partial charge is 0.395 e. The molecular formula is C19H21N4O3. The van der Waals surface area contributed by atoms with E-state index in [9.17, 15) is 9.59 Å². The Morgan fingerprint density at radius 1 is 1.38 bits per heavy atom. The molecule has 2 heterocycles. The number of nitrogens with zero attached hydrogens (tertiary/aromatic N) is 2. The molecule has 26 heavy (non-hydrogen) atoms. The highest BCUT2D eigenvalue weighted by atomic mass is 16.3. The number of aromatic nitrogens is 2. The monoisotopic (exact) mass is 353 g/mol. The van der Waals surface area contributed by atoms with E-state index in [1.807, 2.05) is 18.2 Å². The van der Waals surface area contributed by atoms with Crippen LogP contribution < -0.4 is 11.3 Å². The van der Waals surface area contributed by atoms with E-state index in [4.69, 9.17) is 10.8 Å². The van der Waals surface area contributed by atoms with Gasteiger partial charge in [-0.1, -0.05) is 13.0 Å². The minimum atomic E-state index is -0.838. The number of H-pyrrole nitrogens is 1. The normalized spacial score (nSPS) is 11.3. The zero-order valence-electron chi connectivity index (χ0n) is 14.5. The molecule has 3 rings (SSSR count). The summed E-state index contributed by atoms with van der Waals surface area (Å²) in [5.74, 6) is 0. The van der Waals surface area contributed by atoms with E-state index >= 15 is 0 Å². The van der Waals surface area contributed by atoms with Crippen LogP contribution in [0.5, 0.6) is 0 Å². The Bertz CT molecular complexity index is 990. The molecule has 0 spiro atoms. The molecule has 0 aliphatic carbocycles. The summed E-state index contributed by atoms with van der Waals surface area (Å²) in [7, 11) is 0. The van der Waals surface area contributed by atoms with Gasteiger partial charge in [-0.15, -0.1) is 0 Å². The van der Waals surface area contributed by atoms with Crippen molar-refractivity contribution in [2.45, 2.75) is 13.5 Å². The Balaban J connectivity index is 1.97. The van der Waals surface area contributed by atoms with Gasteiger partial charge in [-0.3, -0.25) is 9.69 Å². The first-order valence-corrected chi connectivity index (χ1v) is 8.41. The van der Waals surface area contributed by atoms with Gasteiger partial charge in [0.2, 0.25) is 0 Å². The minimum Gasteiger partial charge on any atom is -0.395 e. The number of nitrogens with one attached hydrogen (secondary N) is 1. The quantitative estimate of drug-likeness (QED) is 0.625. The number of carbonyl (C=O) groups is 1. The highest BCUT2D eigenvalue weighted by Crippen LogP contribution is 2.23. The highest BCUT2D eigenvalue weighted by molar-refractivity contribution is 5.86. The van der Waals surface area contributed by atoms with Gasteiger partial charge in [-0.25, -0.2) is 9.36 Å². The van der Waals surface area contributed by atoms with Crippen molar-refractivity contribution in [3.63, 3.8) is 0 Å². The Morgan fingerprint density at radius 2 is 2.19 bits per heavy atom. The number of nitrogens with two attached hydrogens (primary N) is 1. The number of primary amides is 1. The van der Waals surface area contributed by atoms with Crippen molar-refractivity contribution in [3.8, 4) is 11.3 Å². The standard InChI is InChI=1S/C19H21N4O3/c1-2-22(8-9-24)12-13-5-6-16-14(10-13)11-17(21-16)15-4-3-7-23(18(15)25)19(20)26/h4-7,10-11,21,24H,2,8-9,12H2,1H3,(H2,20,26). The number of aromatic amines is 1.